The average molecular weight is 445 g/mol. The number of likely N-dealkylation sites (tertiary alicyclic amines) is 1. The Morgan fingerprint density at radius 3 is 2.35 bits per heavy atom. The second-order valence-corrected chi connectivity index (χ2v) is 6.89. The number of carbonyl (C=O) groups is 2. The fourth-order valence-corrected chi connectivity index (χ4v) is 2.97. The van der Waals surface area contributed by atoms with Crippen LogP contribution >= 0.6 is 0 Å². The molecule has 1 fully saturated rings. The van der Waals surface area contributed by atoms with Crippen molar-refractivity contribution in [2.75, 3.05) is 26.2 Å². The van der Waals surface area contributed by atoms with Crippen LogP contribution in [0.3, 0.4) is 0 Å². The summed E-state index contributed by atoms with van der Waals surface area (Å²) in [6, 6.07) is 6.06. The van der Waals surface area contributed by atoms with Crippen LogP contribution in [-0.2, 0) is 16.0 Å². The summed E-state index contributed by atoms with van der Waals surface area (Å²) in [6.45, 7) is 3.88. The van der Waals surface area contributed by atoms with Gasteiger partial charge in [0.05, 0.1) is 6.20 Å². The molecule has 3 rings (SSSR count). The van der Waals surface area contributed by atoms with Crippen molar-refractivity contribution in [1.29, 1.82) is 0 Å². The number of carbonyl (C=O) groups excluding carboxylic acids is 1. The Hall–Kier alpha value is -2.95. The lowest BCUT2D eigenvalue weighted by Gasteiger charge is -2.14. The van der Waals surface area contributed by atoms with Crippen LogP contribution in [0.25, 0.3) is 11.3 Å². The summed E-state index contributed by atoms with van der Waals surface area (Å²) < 4.78 is 50.0. The van der Waals surface area contributed by atoms with E-state index in [4.69, 9.17) is 14.4 Å². The first kappa shape index (κ1) is 24.3. The van der Waals surface area contributed by atoms with Crippen LogP contribution < -0.4 is 5.32 Å². The van der Waals surface area contributed by atoms with Crippen molar-refractivity contribution in [3.8, 4) is 11.3 Å². The molecule has 0 bridgehead atoms. The van der Waals surface area contributed by atoms with Crippen LogP contribution in [-0.4, -0.2) is 59.4 Å². The molecule has 1 saturated heterocycles. The van der Waals surface area contributed by atoms with Gasteiger partial charge in [0.25, 0.3) is 0 Å². The van der Waals surface area contributed by atoms with E-state index < -0.39 is 12.1 Å². The lowest BCUT2D eigenvalue weighted by atomic mass is 10.1. The number of aryl methyl sites for hydroxylation is 1. The molecule has 0 aliphatic carbocycles. The van der Waals surface area contributed by atoms with Gasteiger partial charge in [-0.05, 0) is 56.6 Å². The molecule has 0 saturated carbocycles. The number of nitrogens with one attached hydrogen (secondary N) is 1. The highest BCUT2D eigenvalue weighted by Gasteiger charge is 2.38. The number of benzene rings is 1. The number of carboxylic acids is 1. The van der Waals surface area contributed by atoms with E-state index >= 15 is 0 Å². The summed E-state index contributed by atoms with van der Waals surface area (Å²) in [5.74, 6) is -2.43. The molecule has 0 unspecified atom stereocenters. The number of amides is 1. The van der Waals surface area contributed by atoms with Gasteiger partial charge >= 0.3 is 12.1 Å². The molecule has 0 atom stereocenters. The molecule has 11 heteroatoms. The third kappa shape index (κ3) is 8.36. The van der Waals surface area contributed by atoms with Crippen LogP contribution in [0.1, 0.15) is 24.8 Å². The Labute approximate surface area is 176 Å². The number of hydrogen-bond acceptors (Lipinski definition) is 5. The van der Waals surface area contributed by atoms with Gasteiger partial charge in [-0.3, -0.25) is 4.79 Å². The normalized spacial score (nSPS) is 14.1. The minimum absolute atomic E-state index is 0.0282. The van der Waals surface area contributed by atoms with Crippen molar-refractivity contribution in [3.63, 3.8) is 0 Å². The van der Waals surface area contributed by atoms with Crippen LogP contribution in [0, 0.1) is 5.82 Å². The summed E-state index contributed by atoms with van der Waals surface area (Å²) in [7, 11) is 0. The smallest absolute Gasteiger partial charge is 0.475 e. The monoisotopic (exact) mass is 445 g/mol. The van der Waals surface area contributed by atoms with E-state index in [1.165, 1.54) is 25.0 Å². The lowest BCUT2D eigenvalue weighted by Crippen LogP contribution is -2.33. The SMILES string of the molecule is O=C(CCc1cnoc1-c1ccc(F)cc1)NCCN1CCCC1.O=C(O)C(F)(F)F. The van der Waals surface area contributed by atoms with Gasteiger partial charge in [-0.2, -0.15) is 13.2 Å². The fourth-order valence-electron chi connectivity index (χ4n) is 2.97. The summed E-state index contributed by atoms with van der Waals surface area (Å²) in [5, 5.41) is 13.9. The van der Waals surface area contributed by atoms with Gasteiger partial charge in [0, 0.05) is 30.6 Å². The maximum atomic E-state index is 13.0. The molecule has 170 valence electrons. The summed E-state index contributed by atoms with van der Waals surface area (Å²) in [5.41, 5.74) is 1.62. The summed E-state index contributed by atoms with van der Waals surface area (Å²) in [4.78, 5) is 23.2. The number of alkyl halides is 3. The largest absolute Gasteiger partial charge is 0.490 e. The minimum Gasteiger partial charge on any atom is -0.475 e. The van der Waals surface area contributed by atoms with Crippen LogP contribution in [0.4, 0.5) is 17.6 Å². The summed E-state index contributed by atoms with van der Waals surface area (Å²) in [6.07, 6.45) is -0.0153. The highest BCUT2D eigenvalue weighted by Crippen LogP contribution is 2.24. The molecule has 2 N–H and O–H groups in total. The molecular formula is C20H23F4N3O4. The standard InChI is InChI=1S/C18H22FN3O2.C2HF3O2/c19-16-6-3-14(4-7-16)18-15(13-21-24-18)5-8-17(23)20-9-12-22-10-1-2-11-22;3-2(4,5)1(6)7/h3-4,6-7,13H,1-2,5,8-12H2,(H,20,23);(H,6,7). The van der Waals surface area contributed by atoms with E-state index in [9.17, 15) is 22.4 Å². The van der Waals surface area contributed by atoms with E-state index in [0.29, 0.717) is 25.1 Å². The predicted molar refractivity (Wildman–Crippen MR) is 103 cm³/mol. The second-order valence-electron chi connectivity index (χ2n) is 6.89. The first-order chi connectivity index (χ1) is 14.7. The molecular weight excluding hydrogens is 422 g/mol. The molecule has 1 aliphatic rings. The van der Waals surface area contributed by atoms with E-state index in [-0.39, 0.29) is 11.7 Å². The molecule has 0 spiro atoms. The number of hydrogen-bond donors (Lipinski definition) is 2. The molecule has 1 amide bonds. The number of aromatic nitrogens is 1. The highest BCUT2D eigenvalue weighted by atomic mass is 19.4. The van der Waals surface area contributed by atoms with Crippen LogP contribution in [0.5, 0.6) is 0 Å². The predicted octanol–water partition coefficient (Wildman–Crippen LogP) is 3.26. The Morgan fingerprint density at radius 2 is 1.77 bits per heavy atom. The third-order valence-corrected chi connectivity index (χ3v) is 4.56. The van der Waals surface area contributed by atoms with E-state index in [2.05, 4.69) is 15.4 Å². The maximum absolute atomic E-state index is 13.0. The van der Waals surface area contributed by atoms with Gasteiger partial charge in [-0.15, -0.1) is 0 Å². The number of aliphatic carboxylic acids is 1. The Bertz CT molecular complexity index is 847. The van der Waals surface area contributed by atoms with Gasteiger partial charge in [0.2, 0.25) is 5.91 Å². The third-order valence-electron chi connectivity index (χ3n) is 4.56. The molecule has 2 aromatic rings. The molecule has 31 heavy (non-hydrogen) atoms. The van der Waals surface area contributed by atoms with Crippen molar-refractivity contribution < 1.29 is 36.8 Å². The molecule has 1 aliphatic heterocycles. The van der Waals surface area contributed by atoms with Gasteiger partial charge < -0.3 is 19.8 Å². The number of halogens is 4. The average Bonchev–Trinajstić information content (AvgIpc) is 3.38. The van der Waals surface area contributed by atoms with Crippen LogP contribution in [0.15, 0.2) is 35.0 Å². The molecule has 2 heterocycles. The maximum Gasteiger partial charge on any atom is 0.490 e. The number of carboxylic acid groups (broad SMARTS) is 1. The Morgan fingerprint density at radius 1 is 1.16 bits per heavy atom. The van der Waals surface area contributed by atoms with Crippen LogP contribution in [0.2, 0.25) is 0 Å². The summed E-state index contributed by atoms with van der Waals surface area (Å²) >= 11 is 0. The lowest BCUT2D eigenvalue weighted by molar-refractivity contribution is -0.192. The second kappa shape index (κ2) is 11.4. The van der Waals surface area contributed by atoms with Gasteiger partial charge in [-0.1, -0.05) is 5.16 Å². The first-order valence-corrected chi connectivity index (χ1v) is 9.65. The van der Waals surface area contributed by atoms with E-state index in [1.807, 2.05) is 0 Å². The first-order valence-electron chi connectivity index (χ1n) is 9.65. The quantitative estimate of drug-likeness (QED) is 0.636. The van der Waals surface area contributed by atoms with Crippen molar-refractivity contribution in [2.45, 2.75) is 31.9 Å². The van der Waals surface area contributed by atoms with Crippen molar-refractivity contribution in [2.24, 2.45) is 0 Å². The molecule has 1 aromatic carbocycles. The number of nitrogens with zero attached hydrogens (tertiary/aromatic N) is 2. The molecule has 0 radical (unpaired) electrons. The highest BCUT2D eigenvalue weighted by molar-refractivity contribution is 5.76. The van der Waals surface area contributed by atoms with Gasteiger partial charge in [0.1, 0.15) is 5.82 Å². The van der Waals surface area contributed by atoms with Crippen molar-refractivity contribution in [1.82, 2.24) is 15.4 Å². The van der Waals surface area contributed by atoms with Crippen molar-refractivity contribution in [3.05, 3.63) is 41.8 Å². The van der Waals surface area contributed by atoms with Gasteiger partial charge in [0.15, 0.2) is 5.76 Å². The minimum atomic E-state index is -5.08. The zero-order chi connectivity index (χ0) is 22.9. The fraction of sp³-hybridized carbons (Fsp3) is 0.450. The zero-order valence-electron chi connectivity index (χ0n) is 16.6. The van der Waals surface area contributed by atoms with Gasteiger partial charge in [-0.25, -0.2) is 9.18 Å². The van der Waals surface area contributed by atoms with E-state index in [0.717, 1.165) is 30.8 Å². The zero-order valence-corrected chi connectivity index (χ0v) is 16.6. The topological polar surface area (TPSA) is 95.7 Å². The van der Waals surface area contributed by atoms with E-state index in [1.54, 1.807) is 18.3 Å². The Balaban J connectivity index is 0.000000423. The molecule has 1 aromatic heterocycles. The van der Waals surface area contributed by atoms with Crippen molar-refractivity contribution >= 4 is 11.9 Å². The molecule has 7 nitrogen and oxygen atoms in total. The Kier molecular flexibility index (Phi) is 8.98. The number of rotatable bonds is 7.